The molecule has 0 atom stereocenters. The van der Waals surface area contributed by atoms with Gasteiger partial charge in [0.25, 0.3) is 0 Å². The zero-order valence-electron chi connectivity index (χ0n) is 11.6. The third kappa shape index (κ3) is 4.16. The minimum absolute atomic E-state index is 0.00830. The van der Waals surface area contributed by atoms with Crippen LogP contribution in [0.4, 0.5) is 10.3 Å². The molecule has 0 unspecified atom stereocenters. The van der Waals surface area contributed by atoms with Crippen LogP contribution in [0, 0.1) is 5.82 Å². The van der Waals surface area contributed by atoms with Gasteiger partial charge in [-0.3, -0.25) is 0 Å². The van der Waals surface area contributed by atoms with Crippen molar-refractivity contribution in [3.8, 4) is 17.8 Å². The first kappa shape index (κ1) is 15.2. The van der Waals surface area contributed by atoms with E-state index >= 15 is 0 Å². The van der Waals surface area contributed by atoms with Crippen LogP contribution >= 0.6 is 11.6 Å². The molecule has 0 radical (unpaired) electrons. The topological polar surface area (TPSA) is 69.2 Å². The number of rotatable bonds is 6. The number of nitrogens with one attached hydrogen (secondary N) is 1. The quantitative estimate of drug-likeness (QED) is 0.882. The van der Waals surface area contributed by atoms with E-state index in [0.29, 0.717) is 12.5 Å². The van der Waals surface area contributed by atoms with Crippen LogP contribution in [0.25, 0.3) is 0 Å². The lowest BCUT2D eigenvalue weighted by molar-refractivity contribution is 0.360. The molecule has 1 heterocycles. The number of nitrogens with zero attached hydrogens (tertiary/aromatic N) is 3. The molecule has 0 bridgehead atoms. The van der Waals surface area contributed by atoms with E-state index in [2.05, 4.69) is 20.3 Å². The van der Waals surface area contributed by atoms with Crippen molar-refractivity contribution in [1.82, 2.24) is 15.0 Å². The molecule has 8 heteroatoms. The minimum Gasteiger partial charge on any atom is -0.467 e. The number of ether oxygens (including phenoxy) is 2. The molecule has 0 aliphatic heterocycles. The summed E-state index contributed by atoms with van der Waals surface area (Å²) in [5, 5.41) is 3.13. The van der Waals surface area contributed by atoms with Crippen molar-refractivity contribution in [3.63, 3.8) is 0 Å². The third-order valence-corrected chi connectivity index (χ3v) is 2.70. The van der Waals surface area contributed by atoms with Crippen LogP contribution in [-0.4, -0.2) is 28.6 Å². The van der Waals surface area contributed by atoms with E-state index in [-0.39, 0.29) is 22.8 Å². The highest BCUT2D eigenvalue weighted by atomic mass is 35.5. The van der Waals surface area contributed by atoms with E-state index in [0.717, 1.165) is 12.5 Å². The van der Waals surface area contributed by atoms with Gasteiger partial charge < -0.3 is 14.8 Å². The number of halogens is 2. The first-order valence-corrected chi connectivity index (χ1v) is 6.67. The molecule has 0 spiro atoms. The monoisotopic (exact) mass is 312 g/mol. The molecule has 0 aliphatic carbocycles. The van der Waals surface area contributed by atoms with E-state index < -0.39 is 5.82 Å². The van der Waals surface area contributed by atoms with Gasteiger partial charge in [0.05, 0.1) is 12.1 Å². The number of benzene rings is 1. The van der Waals surface area contributed by atoms with Crippen molar-refractivity contribution >= 4 is 17.5 Å². The van der Waals surface area contributed by atoms with Crippen LogP contribution in [0.5, 0.6) is 17.8 Å². The second kappa shape index (κ2) is 7.03. The fraction of sp³-hybridized carbons (Fsp3) is 0.308. The van der Waals surface area contributed by atoms with Gasteiger partial charge in [-0.15, -0.1) is 4.98 Å². The van der Waals surface area contributed by atoms with Gasteiger partial charge in [-0.25, -0.2) is 4.39 Å². The van der Waals surface area contributed by atoms with Crippen molar-refractivity contribution in [2.24, 2.45) is 0 Å². The molecule has 1 aromatic carbocycles. The second-order valence-corrected chi connectivity index (χ2v) is 4.44. The van der Waals surface area contributed by atoms with Gasteiger partial charge in [0.15, 0.2) is 0 Å². The lowest BCUT2D eigenvalue weighted by atomic mass is 10.3. The van der Waals surface area contributed by atoms with Crippen LogP contribution in [0.2, 0.25) is 5.02 Å². The summed E-state index contributed by atoms with van der Waals surface area (Å²) in [5.74, 6) is 0.121. The number of hydrogen-bond acceptors (Lipinski definition) is 6. The Hall–Kier alpha value is -2.15. The molecule has 21 heavy (non-hydrogen) atoms. The first-order chi connectivity index (χ1) is 10.1. The van der Waals surface area contributed by atoms with Gasteiger partial charge in [0.2, 0.25) is 5.95 Å². The molecule has 2 rings (SSSR count). The molecular weight excluding hydrogens is 299 g/mol. The Labute approximate surface area is 126 Å². The average Bonchev–Trinajstić information content (AvgIpc) is 2.48. The Balaban J connectivity index is 2.25. The van der Waals surface area contributed by atoms with Gasteiger partial charge in [-0.05, 0) is 24.6 Å². The Kier molecular flexibility index (Phi) is 5.10. The Morgan fingerprint density at radius 3 is 2.67 bits per heavy atom. The van der Waals surface area contributed by atoms with E-state index in [4.69, 9.17) is 21.1 Å². The number of aromatic nitrogens is 3. The molecule has 0 saturated heterocycles. The van der Waals surface area contributed by atoms with E-state index in [1.807, 2.05) is 6.92 Å². The van der Waals surface area contributed by atoms with Crippen molar-refractivity contribution in [2.45, 2.75) is 13.3 Å². The lowest BCUT2D eigenvalue weighted by Crippen LogP contribution is -2.07. The number of anilines is 1. The summed E-state index contributed by atoms with van der Waals surface area (Å²) in [5.41, 5.74) is 0. The predicted octanol–water partition coefficient (Wildman–Crippen LogP) is 3.29. The fourth-order valence-corrected chi connectivity index (χ4v) is 1.65. The second-order valence-electron chi connectivity index (χ2n) is 4.03. The normalized spacial score (nSPS) is 10.3. The summed E-state index contributed by atoms with van der Waals surface area (Å²) in [6.45, 7) is 2.71. The summed E-state index contributed by atoms with van der Waals surface area (Å²) >= 11 is 5.89. The van der Waals surface area contributed by atoms with Crippen LogP contribution in [-0.2, 0) is 0 Å². The molecule has 0 saturated carbocycles. The summed E-state index contributed by atoms with van der Waals surface area (Å²) in [4.78, 5) is 12.1. The minimum atomic E-state index is -0.453. The molecule has 0 fully saturated rings. The fourth-order valence-electron chi connectivity index (χ4n) is 1.45. The maximum absolute atomic E-state index is 13.0. The summed E-state index contributed by atoms with van der Waals surface area (Å²) in [6.07, 6.45) is 0.911. The maximum atomic E-state index is 13.0. The molecule has 1 N–H and O–H groups in total. The van der Waals surface area contributed by atoms with Gasteiger partial charge >= 0.3 is 12.0 Å². The van der Waals surface area contributed by atoms with Crippen LogP contribution < -0.4 is 14.8 Å². The highest BCUT2D eigenvalue weighted by molar-refractivity contribution is 6.32. The Bertz CT molecular complexity index is 627. The highest BCUT2D eigenvalue weighted by Gasteiger charge is 2.11. The highest BCUT2D eigenvalue weighted by Crippen LogP contribution is 2.29. The average molecular weight is 313 g/mol. The van der Waals surface area contributed by atoms with Crippen LogP contribution in [0.1, 0.15) is 13.3 Å². The lowest BCUT2D eigenvalue weighted by Gasteiger charge is -2.09. The molecule has 1 aromatic heterocycles. The van der Waals surface area contributed by atoms with Crippen molar-refractivity contribution < 1.29 is 13.9 Å². The summed E-state index contributed by atoms with van der Waals surface area (Å²) in [7, 11) is 1.44. The van der Waals surface area contributed by atoms with Crippen LogP contribution in [0.3, 0.4) is 0 Å². The molecule has 0 amide bonds. The SMILES string of the molecule is CCCNc1nc(OC)nc(Oc2ccc(F)cc2Cl)n1. The van der Waals surface area contributed by atoms with Crippen molar-refractivity contribution in [3.05, 3.63) is 29.0 Å². The summed E-state index contributed by atoms with van der Waals surface area (Å²) < 4.78 is 23.4. The zero-order chi connectivity index (χ0) is 15.2. The third-order valence-electron chi connectivity index (χ3n) is 2.41. The maximum Gasteiger partial charge on any atom is 0.330 e. The van der Waals surface area contributed by atoms with E-state index in [9.17, 15) is 4.39 Å². The van der Waals surface area contributed by atoms with Gasteiger partial charge in [0, 0.05) is 6.54 Å². The van der Waals surface area contributed by atoms with Gasteiger partial charge in [-0.2, -0.15) is 9.97 Å². The van der Waals surface area contributed by atoms with Crippen LogP contribution in [0.15, 0.2) is 18.2 Å². The molecule has 6 nitrogen and oxygen atoms in total. The Morgan fingerprint density at radius 2 is 2.00 bits per heavy atom. The predicted molar refractivity (Wildman–Crippen MR) is 76.6 cm³/mol. The van der Waals surface area contributed by atoms with Gasteiger partial charge in [0.1, 0.15) is 11.6 Å². The summed E-state index contributed by atoms with van der Waals surface area (Å²) in [6, 6.07) is 3.89. The molecule has 112 valence electrons. The molecule has 0 aliphatic rings. The van der Waals surface area contributed by atoms with Crippen molar-refractivity contribution in [2.75, 3.05) is 19.0 Å². The Morgan fingerprint density at radius 1 is 1.24 bits per heavy atom. The molecular formula is C13H14ClFN4O2. The smallest absolute Gasteiger partial charge is 0.330 e. The molecule has 2 aromatic rings. The van der Waals surface area contributed by atoms with Gasteiger partial charge in [-0.1, -0.05) is 18.5 Å². The standard InChI is InChI=1S/C13H14ClFN4O2/c1-3-6-16-11-17-12(20-2)19-13(18-11)21-10-5-4-8(15)7-9(10)14/h4-5,7H,3,6H2,1-2H3,(H,16,17,18,19). The van der Waals surface area contributed by atoms with E-state index in [1.165, 1.54) is 19.2 Å². The first-order valence-electron chi connectivity index (χ1n) is 6.29. The zero-order valence-corrected chi connectivity index (χ0v) is 12.3. The van der Waals surface area contributed by atoms with E-state index in [1.54, 1.807) is 0 Å². The van der Waals surface area contributed by atoms with Crippen molar-refractivity contribution in [1.29, 1.82) is 0 Å². The largest absolute Gasteiger partial charge is 0.467 e. The number of hydrogen-bond donors (Lipinski definition) is 1. The number of methoxy groups -OCH3 is 1.